The second-order valence-corrected chi connectivity index (χ2v) is 6.43. The fourth-order valence-corrected chi connectivity index (χ4v) is 2.29. The van der Waals surface area contributed by atoms with Crippen LogP contribution in [0.4, 0.5) is 0 Å². The van der Waals surface area contributed by atoms with Crippen LogP contribution in [0.3, 0.4) is 0 Å². The molecular formula is C22H31N2O5. The van der Waals surface area contributed by atoms with Crippen molar-refractivity contribution in [3.8, 4) is 0 Å². The first kappa shape index (κ1) is 26.2. The summed E-state index contributed by atoms with van der Waals surface area (Å²) in [6, 6.07) is 0. The molecule has 0 saturated carbocycles. The van der Waals surface area contributed by atoms with Gasteiger partial charge >= 0.3 is 11.9 Å². The summed E-state index contributed by atoms with van der Waals surface area (Å²) in [4.78, 5) is 29.7. The van der Waals surface area contributed by atoms with Gasteiger partial charge in [-0.15, -0.1) is 0 Å². The number of allylic oxidation sites excluding steroid dienone is 9. The summed E-state index contributed by atoms with van der Waals surface area (Å²) in [5.41, 5.74) is -2.92. The molecule has 1 radical (unpaired) electrons. The Morgan fingerprint density at radius 1 is 0.724 bits per heavy atom. The highest BCUT2D eigenvalue weighted by Crippen LogP contribution is 2.14. The highest BCUT2D eigenvalue weighted by atomic mass is 16.7. The van der Waals surface area contributed by atoms with Crippen LogP contribution >= 0.6 is 0 Å². The van der Waals surface area contributed by atoms with Crippen molar-refractivity contribution in [3.05, 3.63) is 81.0 Å². The van der Waals surface area contributed by atoms with E-state index in [-0.39, 0.29) is 0 Å². The Bertz CT molecular complexity index is 619. The Morgan fingerprint density at radius 2 is 1.14 bits per heavy atom. The summed E-state index contributed by atoms with van der Waals surface area (Å²) in [6.07, 6.45) is 27.8. The van der Waals surface area contributed by atoms with Gasteiger partial charge < -0.3 is 0 Å². The highest BCUT2D eigenvalue weighted by molar-refractivity contribution is 5.60. The van der Waals surface area contributed by atoms with Crippen molar-refractivity contribution in [2.75, 3.05) is 0 Å². The van der Waals surface area contributed by atoms with Gasteiger partial charge in [-0.1, -0.05) is 80.5 Å². The van der Waals surface area contributed by atoms with E-state index in [1.165, 1.54) is 25.3 Å². The molecule has 0 N–H and O–H groups in total. The summed E-state index contributed by atoms with van der Waals surface area (Å²) in [6.45, 7) is 2.20. The van der Waals surface area contributed by atoms with Crippen LogP contribution in [0.2, 0.25) is 0 Å². The molecule has 7 heteroatoms. The first-order valence-electron chi connectivity index (χ1n) is 9.94. The molecule has 29 heavy (non-hydrogen) atoms. The molecule has 0 aliphatic rings. The third-order valence-corrected chi connectivity index (χ3v) is 4.07. The smallest absolute Gasteiger partial charge is 0.273 e. The second kappa shape index (κ2) is 17.3. The molecule has 0 spiro atoms. The van der Waals surface area contributed by atoms with E-state index in [0.717, 1.165) is 32.0 Å². The second-order valence-electron chi connectivity index (χ2n) is 6.43. The molecule has 0 aromatic carbocycles. The van der Waals surface area contributed by atoms with Gasteiger partial charge in [0.25, 0.3) is 0 Å². The lowest BCUT2D eigenvalue weighted by atomic mass is 10.1. The van der Waals surface area contributed by atoms with Gasteiger partial charge in [0.2, 0.25) is 0 Å². The third kappa shape index (κ3) is 12.3. The molecule has 0 bridgehead atoms. The third-order valence-electron chi connectivity index (χ3n) is 4.07. The average Bonchev–Trinajstić information content (AvgIpc) is 2.69. The quantitative estimate of drug-likeness (QED) is 0.102. The standard InChI is InChI=1S/C22H31N2O5/c1-2-3-4-5-6-7-8-9-10-11-12-13-14-15-16-17-18-19-20-22(21-25,23(26)27)24(28)29/h6-7,9-10,12-13,15-16,18-19H,2-5,8,11,14,17,20H2,1H3. The van der Waals surface area contributed by atoms with Crippen molar-refractivity contribution < 1.29 is 14.6 Å². The van der Waals surface area contributed by atoms with Gasteiger partial charge in [0.05, 0.1) is 0 Å². The number of nitrogens with zero attached hydrogens (tertiary/aromatic N) is 2. The lowest BCUT2D eigenvalue weighted by Crippen LogP contribution is -2.47. The largest absolute Gasteiger partial charge is 0.527 e. The summed E-state index contributed by atoms with van der Waals surface area (Å²) in [7, 11) is 0. The zero-order valence-corrected chi connectivity index (χ0v) is 17.1. The zero-order valence-electron chi connectivity index (χ0n) is 17.1. The maximum absolute atomic E-state index is 10.7. The number of carbonyl (C=O) groups excluding carboxylic acids is 1. The number of nitro groups is 2. The number of unbranched alkanes of at least 4 members (excludes halogenated alkanes) is 3. The van der Waals surface area contributed by atoms with E-state index in [1.807, 2.05) is 18.2 Å². The molecule has 0 amide bonds. The molecule has 0 heterocycles. The Labute approximate surface area is 172 Å². The van der Waals surface area contributed by atoms with Gasteiger partial charge in [-0.2, -0.15) is 0 Å². The van der Waals surface area contributed by atoms with Gasteiger partial charge in [0.1, 0.15) is 16.3 Å². The molecule has 0 saturated heterocycles. The Kier molecular flexibility index (Phi) is 15.6. The molecular weight excluding hydrogens is 372 g/mol. The average molecular weight is 403 g/mol. The van der Waals surface area contributed by atoms with Crippen LogP contribution < -0.4 is 0 Å². The highest BCUT2D eigenvalue weighted by Gasteiger charge is 2.56. The minimum Gasteiger partial charge on any atom is -0.273 e. The van der Waals surface area contributed by atoms with Crippen molar-refractivity contribution in [1.29, 1.82) is 0 Å². The molecule has 7 nitrogen and oxygen atoms in total. The van der Waals surface area contributed by atoms with E-state index in [1.54, 1.807) is 6.08 Å². The van der Waals surface area contributed by atoms with E-state index in [2.05, 4.69) is 37.3 Å². The molecule has 0 unspecified atom stereocenters. The summed E-state index contributed by atoms with van der Waals surface area (Å²) < 4.78 is 0. The lowest BCUT2D eigenvalue weighted by molar-refractivity contribution is -0.770. The summed E-state index contributed by atoms with van der Waals surface area (Å²) >= 11 is 0. The van der Waals surface area contributed by atoms with Crippen LogP contribution in [-0.2, 0) is 4.79 Å². The van der Waals surface area contributed by atoms with Gasteiger partial charge in [-0.05, 0) is 38.5 Å². The molecule has 159 valence electrons. The van der Waals surface area contributed by atoms with Crippen LogP contribution in [-0.4, -0.2) is 21.8 Å². The summed E-state index contributed by atoms with van der Waals surface area (Å²) in [5, 5.41) is 21.5. The first-order valence-corrected chi connectivity index (χ1v) is 9.94. The Balaban J connectivity index is 3.94. The molecule has 0 fully saturated rings. The van der Waals surface area contributed by atoms with E-state index < -0.39 is 21.9 Å². The predicted molar refractivity (Wildman–Crippen MR) is 115 cm³/mol. The van der Waals surface area contributed by atoms with Crippen LogP contribution in [0, 0.1) is 20.2 Å². The molecule has 0 atom stereocenters. The van der Waals surface area contributed by atoms with Gasteiger partial charge in [0.15, 0.2) is 0 Å². The first-order chi connectivity index (χ1) is 14.0. The van der Waals surface area contributed by atoms with Crippen LogP contribution in [0.5, 0.6) is 0 Å². The van der Waals surface area contributed by atoms with E-state index in [0.29, 0.717) is 6.42 Å². The number of rotatable bonds is 17. The van der Waals surface area contributed by atoms with Gasteiger partial charge in [0, 0.05) is 0 Å². The normalized spacial score (nSPS) is 12.9. The van der Waals surface area contributed by atoms with Crippen LogP contribution in [0.15, 0.2) is 60.8 Å². The van der Waals surface area contributed by atoms with Gasteiger partial charge in [-0.3, -0.25) is 25.0 Å². The maximum atomic E-state index is 10.7. The van der Waals surface area contributed by atoms with Crippen molar-refractivity contribution in [2.24, 2.45) is 0 Å². The Morgan fingerprint density at radius 3 is 1.52 bits per heavy atom. The lowest BCUT2D eigenvalue weighted by Gasteiger charge is -2.06. The van der Waals surface area contributed by atoms with Crippen LogP contribution in [0.1, 0.15) is 64.7 Å². The molecule has 0 aliphatic heterocycles. The molecule has 0 aliphatic carbocycles. The van der Waals surface area contributed by atoms with E-state index in [4.69, 9.17) is 0 Å². The minimum absolute atomic E-state index is 0.475. The van der Waals surface area contributed by atoms with Gasteiger partial charge in [-0.25, -0.2) is 0 Å². The maximum Gasteiger partial charge on any atom is 0.527 e. The summed E-state index contributed by atoms with van der Waals surface area (Å²) in [5.74, 6) is 0. The number of hydrogen-bond donors (Lipinski definition) is 0. The Hall–Kier alpha value is -2.83. The van der Waals surface area contributed by atoms with E-state index in [9.17, 15) is 25.0 Å². The zero-order chi connectivity index (χ0) is 21.8. The molecule has 0 rings (SSSR count). The fourth-order valence-electron chi connectivity index (χ4n) is 2.29. The van der Waals surface area contributed by atoms with Crippen molar-refractivity contribution in [2.45, 2.75) is 70.4 Å². The minimum atomic E-state index is -2.92. The SMILES string of the molecule is CCCCCC=CCC=CCC=CCC=CCC=CCC([C]=O)([N+](=O)[O-])[N+](=O)[O-]. The van der Waals surface area contributed by atoms with Crippen molar-refractivity contribution in [3.63, 3.8) is 0 Å². The molecule has 0 aromatic heterocycles. The van der Waals surface area contributed by atoms with Crippen LogP contribution in [0.25, 0.3) is 0 Å². The topological polar surface area (TPSA) is 103 Å². The monoisotopic (exact) mass is 403 g/mol. The van der Waals surface area contributed by atoms with E-state index >= 15 is 0 Å². The number of hydrogen-bond acceptors (Lipinski definition) is 5. The molecule has 0 aromatic rings. The predicted octanol–water partition coefficient (Wildman–Crippen LogP) is 5.66. The van der Waals surface area contributed by atoms with Crippen molar-refractivity contribution >= 4 is 6.29 Å². The van der Waals surface area contributed by atoms with Crippen molar-refractivity contribution in [1.82, 2.24) is 0 Å². The fraction of sp³-hybridized carbons (Fsp3) is 0.500.